The fourth-order valence-electron chi connectivity index (χ4n) is 3.75. The molecule has 2 heterocycles. The van der Waals surface area contributed by atoms with Crippen LogP contribution in [0.2, 0.25) is 0 Å². The maximum atomic E-state index is 11.4. The number of sulfonamides is 1. The van der Waals surface area contributed by atoms with E-state index in [0.29, 0.717) is 5.69 Å². The molecule has 5 nitrogen and oxygen atoms in total. The number of rotatable bonds is 5. The van der Waals surface area contributed by atoms with Crippen molar-refractivity contribution in [1.82, 2.24) is 9.88 Å². The molecule has 148 valence electrons. The van der Waals surface area contributed by atoms with E-state index in [2.05, 4.69) is 40.8 Å². The molecule has 0 aliphatic carbocycles. The highest BCUT2D eigenvalue weighted by Crippen LogP contribution is 2.39. The summed E-state index contributed by atoms with van der Waals surface area (Å²) < 4.78 is 26.7. The van der Waals surface area contributed by atoms with Crippen LogP contribution >= 0.6 is 11.3 Å². The summed E-state index contributed by atoms with van der Waals surface area (Å²) in [5, 5.41) is 1.24. The van der Waals surface area contributed by atoms with Gasteiger partial charge in [0.15, 0.2) is 0 Å². The number of para-hydroxylation sites is 1. The fourth-order valence-corrected chi connectivity index (χ4v) is 5.48. The average Bonchev–Trinajstić information content (AvgIpc) is 3.08. The normalized spacial score (nSPS) is 17.6. The largest absolute Gasteiger partial charge is 0.299 e. The van der Waals surface area contributed by atoms with Crippen molar-refractivity contribution < 1.29 is 8.42 Å². The molecule has 4 rings (SSSR count). The molecule has 0 saturated carbocycles. The van der Waals surface area contributed by atoms with Crippen molar-refractivity contribution in [3.05, 3.63) is 59.1 Å². The molecule has 3 aromatic rings. The predicted octanol–water partition coefficient (Wildman–Crippen LogP) is 4.22. The molecule has 1 saturated heterocycles. The lowest BCUT2D eigenvalue weighted by Gasteiger charge is -2.38. The third-order valence-corrected chi connectivity index (χ3v) is 7.36. The van der Waals surface area contributed by atoms with Crippen LogP contribution in [-0.2, 0) is 22.0 Å². The smallest absolute Gasteiger partial charge is 0.229 e. The zero-order valence-electron chi connectivity index (χ0n) is 16.2. The van der Waals surface area contributed by atoms with Crippen molar-refractivity contribution in [2.24, 2.45) is 0 Å². The number of benzene rings is 2. The summed E-state index contributed by atoms with van der Waals surface area (Å²) >= 11 is 1.82. The van der Waals surface area contributed by atoms with Gasteiger partial charge < -0.3 is 0 Å². The highest BCUT2D eigenvalue weighted by molar-refractivity contribution is 7.92. The van der Waals surface area contributed by atoms with Gasteiger partial charge in [0.2, 0.25) is 10.0 Å². The molecule has 1 aliphatic rings. The molecule has 0 atom stereocenters. The van der Waals surface area contributed by atoms with Gasteiger partial charge in [-0.2, -0.15) is 0 Å². The molecule has 1 fully saturated rings. The molecule has 0 amide bonds. The van der Waals surface area contributed by atoms with E-state index < -0.39 is 10.0 Å². The first-order chi connectivity index (χ1) is 13.3. The second-order valence-electron chi connectivity index (χ2n) is 7.90. The number of fused-ring (bicyclic) bond motifs is 1. The van der Waals surface area contributed by atoms with Crippen LogP contribution < -0.4 is 4.72 Å². The van der Waals surface area contributed by atoms with E-state index in [4.69, 9.17) is 4.98 Å². The number of nitrogens with zero attached hydrogens (tertiary/aromatic N) is 2. The Kier molecular flexibility index (Phi) is 5.16. The standard InChI is InChI=1S/C21H25N3O2S2/c1-21(20-22-18-8-3-4-9-19(18)27-20)10-12-24(13-11-21)15-16-6-5-7-17(14-16)23-28(2,25)26/h3-9,14,23H,10-13,15H2,1-2H3. The van der Waals surface area contributed by atoms with E-state index in [1.54, 1.807) is 6.07 Å². The Balaban J connectivity index is 1.42. The molecule has 0 unspecified atom stereocenters. The van der Waals surface area contributed by atoms with Gasteiger partial charge in [0, 0.05) is 17.6 Å². The number of nitrogens with one attached hydrogen (secondary N) is 1. The Labute approximate surface area is 170 Å². The summed E-state index contributed by atoms with van der Waals surface area (Å²) in [4.78, 5) is 7.34. The maximum absolute atomic E-state index is 11.4. The quantitative estimate of drug-likeness (QED) is 0.678. The molecule has 1 N–H and O–H groups in total. The topological polar surface area (TPSA) is 62.3 Å². The number of aromatic nitrogens is 1. The Bertz CT molecular complexity index is 1050. The first-order valence-electron chi connectivity index (χ1n) is 9.46. The van der Waals surface area contributed by atoms with E-state index in [0.717, 1.165) is 43.6 Å². The predicted molar refractivity (Wildman–Crippen MR) is 116 cm³/mol. The van der Waals surface area contributed by atoms with Gasteiger partial charge >= 0.3 is 0 Å². The summed E-state index contributed by atoms with van der Waals surface area (Å²) in [5.41, 5.74) is 2.97. The van der Waals surface area contributed by atoms with Crippen LogP contribution in [0, 0.1) is 0 Å². The SMILES string of the molecule is CC1(c2nc3ccccc3s2)CCN(Cc2cccc(NS(C)(=O)=O)c2)CC1. The summed E-state index contributed by atoms with van der Waals surface area (Å²) in [6.07, 6.45) is 3.33. The van der Waals surface area contributed by atoms with Gasteiger partial charge in [-0.3, -0.25) is 9.62 Å². The zero-order valence-corrected chi connectivity index (χ0v) is 17.8. The van der Waals surface area contributed by atoms with Crippen molar-refractivity contribution in [2.45, 2.75) is 31.7 Å². The minimum Gasteiger partial charge on any atom is -0.299 e. The van der Waals surface area contributed by atoms with Crippen molar-refractivity contribution in [2.75, 3.05) is 24.1 Å². The minimum atomic E-state index is -3.25. The number of piperidine rings is 1. The Morgan fingerprint density at radius 1 is 1.14 bits per heavy atom. The fraction of sp³-hybridized carbons (Fsp3) is 0.381. The van der Waals surface area contributed by atoms with Gasteiger partial charge in [0.1, 0.15) is 0 Å². The van der Waals surface area contributed by atoms with Crippen LogP contribution in [-0.4, -0.2) is 37.6 Å². The number of anilines is 1. The van der Waals surface area contributed by atoms with Crippen LogP contribution in [0.1, 0.15) is 30.3 Å². The summed E-state index contributed by atoms with van der Waals surface area (Å²) in [6.45, 7) is 5.18. The lowest BCUT2D eigenvalue weighted by molar-refractivity contribution is 0.162. The van der Waals surface area contributed by atoms with Crippen LogP contribution in [0.3, 0.4) is 0 Å². The first-order valence-corrected chi connectivity index (χ1v) is 12.2. The second kappa shape index (κ2) is 7.46. The third-order valence-electron chi connectivity index (χ3n) is 5.41. The molecule has 0 radical (unpaired) electrons. The van der Waals surface area contributed by atoms with Crippen LogP contribution in [0.5, 0.6) is 0 Å². The number of hydrogen-bond acceptors (Lipinski definition) is 5. The van der Waals surface area contributed by atoms with Crippen molar-refractivity contribution in [3.8, 4) is 0 Å². The molecule has 1 aromatic heterocycles. The van der Waals surface area contributed by atoms with Crippen LogP contribution in [0.15, 0.2) is 48.5 Å². The average molecular weight is 416 g/mol. The van der Waals surface area contributed by atoms with Gasteiger partial charge in [-0.25, -0.2) is 13.4 Å². The molecule has 2 aromatic carbocycles. The van der Waals surface area contributed by atoms with E-state index in [1.807, 2.05) is 29.5 Å². The lowest BCUT2D eigenvalue weighted by atomic mass is 9.81. The molecular formula is C21H25N3O2S2. The minimum absolute atomic E-state index is 0.125. The summed E-state index contributed by atoms with van der Waals surface area (Å²) in [5.74, 6) is 0. The molecule has 0 spiro atoms. The van der Waals surface area contributed by atoms with Crippen LogP contribution in [0.25, 0.3) is 10.2 Å². The number of likely N-dealkylation sites (tertiary alicyclic amines) is 1. The molecule has 0 bridgehead atoms. The van der Waals surface area contributed by atoms with E-state index in [-0.39, 0.29) is 5.41 Å². The second-order valence-corrected chi connectivity index (χ2v) is 10.7. The first kappa shape index (κ1) is 19.4. The van der Waals surface area contributed by atoms with Gasteiger partial charge in [0.25, 0.3) is 0 Å². The van der Waals surface area contributed by atoms with Gasteiger partial charge in [0.05, 0.1) is 21.5 Å². The van der Waals surface area contributed by atoms with Gasteiger partial charge in [-0.05, 0) is 55.8 Å². The van der Waals surface area contributed by atoms with Gasteiger partial charge in [-0.1, -0.05) is 31.2 Å². The third kappa shape index (κ3) is 4.37. The highest BCUT2D eigenvalue weighted by Gasteiger charge is 2.34. The zero-order chi connectivity index (χ0) is 19.8. The van der Waals surface area contributed by atoms with E-state index >= 15 is 0 Å². The summed E-state index contributed by atoms with van der Waals surface area (Å²) in [7, 11) is -3.25. The Morgan fingerprint density at radius 3 is 2.61 bits per heavy atom. The van der Waals surface area contributed by atoms with Crippen molar-refractivity contribution in [3.63, 3.8) is 0 Å². The van der Waals surface area contributed by atoms with E-state index in [9.17, 15) is 8.42 Å². The monoisotopic (exact) mass is 415 g/mol. The number of hydrogen-bond donors (Lipinski definition) is 1. The Morgan fingerprint density at radius 2 is 1.89 bits per heavy atom. The molecule has 7 heteroatoms. The van der Waals surface area contributed by atoms with Gasteiger partial charge in [-0.15, -0.1) is 11.3 Å². The van der Waals surface area contributed by atoms with Crippen molar-refractivity contribution >= 4 is 37.3 Å². The summed E-state index contributed by atoms with van der Waals surface area (Å²) in [6, 6.07) is 16.0. The maximum Gasteiger partial charge on any atom is 0.229 e. The molecular weight excluding hydrogens is 390 g/mol. The Hall–Kier alpha value is -1.96. The molecule has 28 heavy (non-hydrogen) atoms. The highest BCUT2D eigenvalue weighted by atomic mass is 32.2. The molecule has 1 aliphatic heterocycles. The van der Waals surface area contributed by atoms with Crippen molar-refractivity contribution in [1.29, 1.82) is 0 Å². The lowest BCUT2D eigenvalue weighted by Crippen LogP contribution is -2.40. The van der Waals surface area contributed by atoms with E-state index in [1.165, 1.54) is 16.0 Å². The number of thiazole rings is 1. The van der Waals surface area contributed by atoms with Crippen LogP contribution in [0.4, 0.5) is 5.69 Å².